The summed E-state index contributed by atoms with van der Waals surface area (Å²) in [6.07, 6.45) is 0. The highest BCUT2D eigenvalue weighted by Crippen LogP contribution is 2.36. The lowest BCUT2D eigenvalue weighted by Crippen LogP contribution is -2.32. The third-order valence-corrected chi connectivity index (χ3v) is 4.97. The highest BCUT2D eigenvalue weighted by Gasteiger charge is 2.16. The zero-order chi connectivity index (χ0) is 21.3. The van der Waals surface area contributed by atoms with E-state index in [-0.39, 0.29) is 11.5 Å². The molecule has 0 fully saturated rings. The first-order chi connectivity index (χ1) is 14.6. The van der Waals surface area contributed by atoms with Crippen LogP contribution >= 0.6 is 15.9 Å². The van der Waals surface area contributed by atoms with Crippen molar-refractivity contribution in [1.82, 2.24) is 20.9 Å². The Morgan fingerprint density at radius 3 is 2.67 bits per heavy atom. The van der Waals surface area contributed by atoms with Crippen LogP contribution in [-0.4, -0.2) is 36.4 Å². The van der Waals surface area contributed by atoms with E-state index in [4.69, 9.17) is 15.2 Å². The summed E-state index contributed by atoms with van der Waals surface area (Å²) in [7, 11) is 1.61. The smallest absolute Gasteiger partial charge is 0.277 e. The molecule has 9 nitrogen and oxygen atoms in total. The van der Waals surface area contributed by atoms with Crippen LogP contribution in [0.1, 0.15) is 21.6 Å². The minimum atomic E-state index is -0.440. The molecule has 0 aliphatic heterocycles. The average molecular weight is 476 g/mol. The van der Waals surface area contributed by atoms with Gasteiger partial charge < -0.3 is 25.8 Å². The molecule has 4 N–H and O–H groups in total. The van der Waals surface area contributed by atoms with E-state index in [2.05, 4.69) is 41.5 Å². The fourth-order valence-electron chi connectivity index (χ4n) is 2.71. The molecule has 0 unspecified atom stereocenters. The molecule has 0 aliphatic rings. The zero-order valence-corrected chi connectivity index (χ0v) is 17.9. The molecule has 158 valence electrons. The molecule has 3 rings (SSSR count). The second-order valence-electron chi connectivity index (χ2n) is 6.26. The van der Waals surface area contributed by atoms with Gasteiger partial charge in [0, 0.05) is 29.7 Å². The van der Waals surface area contributed by atoms with E-state index in [0.717, 1.165) is 15.6 Å². The Bertz CT molecular complexity index is 981. The van der Waals surface area contributed by atoms with Crippen LogP contribution in [0.3, 0.4) is 0 Å². The largest absolute Gasteiger partial charge is 0.493 e. The maximum atomic E-state index is 11.9. The molecule has 0 bridgehead atoms. The second kappa shape index (κ2) is 10.6. The summed E-state index contributed by atoms with van der Waals surface area (Å²) in [4.78, 5) is 11.9. The lowest BCUT2D eigenvalue weighted by molar-refractivity contribution is 0.0944. The highest BCUT2D eigenvalue weighted by atomic mass is 79.9. The van der Waals surface area contributed by atoms with Gasteiger partial charge in [0.2, 0.25) is 11.5 Å². The Morgan fingerprint density at radius 2 is 1.97 bits per heavy atom. The van der Waals surface area contributed by atoms with Crippen LogP contribution < -0.4 is 25.8 Å². The van der Waals surface area contributed by atoms with Crippen LogP contribution in [0.15, 0.2) is 51.6 Å². The van der Waals surface area contributed by atoms with Crippen molar-refractivity contribution in [2.45, 2.75) is 13.2 Å². The number of nitrogen functional groups attached to an aromatic ring is 1. The lowest BCUT2D eigenvalue weighted by atomic mass is 10.1. The first kappa shape index (κ1) is 21.6. The lowest BCUT2D eigenvalue weighted by Gasteiger charge is -2.17. The molecule has 1 aromatic heterocycles. The SMILES string of the molecule is COc1ccc(Br)c(CNCCNC(=O)c2nonc2N)c1OCc1ccccc1. The predicted molar refractivity (Wildman–Crippen MR) is 114 cm³/mol. The number of halogens is 1. The number of nitrogens with zero attached hydrogens (tertiary/aromatic N) is 2. The third kappa shape index (κ3) is 5.49. The first-order valence-electron chi connectivity index (χ1n) is 9.19. The van der Waals surface area contributed by atoms with Gasteiger partial charge in [-0.05, 0) is 28.0 Å². The number of nitrogens with one attached hydrogen (secondary N) is 2. The topological polar surface area (TPSA) is 125 Å². The number of amides is 1. The molecule has 3 aromatic rings. The Labute approximate surface area is 182 Å². The summed E-state index contributed by atoms with van der Waals surface area (Å²) in [5.74, 6) is 0.827. The van der Waals surface area contributed by atoms with E-state index in [1.54, 1.807) is 7.11 Å². The van der Waals surface area contributed by atoms with Gasteiger partial charge >= 0.3 is 0 Å². The van der Waals surface area contributed by atoms with Gasteiger partial charge in [-0.2, -0.15) is 0 Å². The molecule has 10 heteroatoms. The quantitative estimate of drug-likeness (QED) is 0.382. The zero-order valence-electron chi connectivity index (χ0n) is 16.4. The van der Waals surface area contributed by atoms with Gasteiger partial charge in [0.05, 0.1) is 7.11 Å². The Hall–Kier alpha value is -3.11. The van der Waals surface area contributed by atoms with Crippen LogP contribution in [0.4, 0.5) is 5.82 Å². The van der Waals surface area contributed by atoms with Crippen molar-refractivity contribution in [3.05, 3.63) is 63.8 Å². The first-order valence-corrected chi connectivity index (χ1v) is 9.98. The van der Waals surface area contributed by atoms with E-state index < -0.39 is 5.91 Å². The summed E-state index contributed by atoms with van der Waals surface area (Å²) in [6.45, 7) is 1.81. The monoisotopic (exact) mass is 475 g/mol. The minimum absolute atomic E-state index is 0.0258. The minimum Gasteiger partial charge on any atom is -0.493 e. The molecular formula is C20H22BrN5O4. The number of hydrogen-bond donors (Lipinski definition) is 3. The van der Waals surface area contributed by atoms with E-state index in [1.807, 2.05) is 42.5 Å². The van der Waals surface area contributed by atoms with Crippen molar-refractivity contribution in [2.75, 3.05) is 25.9 Å². The van der Waals surface area contributed by atoms with Crippen molar-refractivity contribution in [2.24, 2.45) is 0 Å². The number of hydrogen-bond acceptors (Lipinski definition) is 8. The van der Waals surface area contributed by atoms with Gasteiger partial charge in [-0.15, -0.1) is 0 Å². The van der Waals surface area contributed by atoms with E-state index >= 15 is 0 Å². The Kier molecular flexibility index (Phi) is 7.63. The number of aromatic nitrogens is 2. The highest BCUT2D eigenvalue weighted by molar-refractivity contribution is 9.10. The molecule has 0 saturated heterocycles. The van der Waals surface area contributed by atoms with E-state index in [0.29, 0.717) is 37.7 Å². The molecule has 0 aliphatic carbocycles. The van der Waals surface area contributed by atoms with Crippen molar-refractivity contribution in [1.29, 1.82) is 0 Å². The normalized spacial score (nSPS) is 10.6. The summed E-state index contributed by atoms with van der Waals surface area (Å²) < 4.78 is 16.9. The van der Waals surface area contributed by atoms with Crippen LogP contribution in [0.2, 0.25) is 0 Å². The van der Waals surface area contributed by atoms with Gasteiger partial charge in [-0.25, -0.2) is 4.63 Å². The molecule has 0 spiro atoms. The van der Waals surface area contributed by atoms with Gasteiger partial charge in [-0.3, -0.25) is 4.79 Å². The molecule has 0 atom stereocenters. The fourth-order valence-corrected chi connectivity index (χ4v) is 3.16. The number of carbonyl (C=O) groups excluding carboxylic acids is 1. The van der Waals surface area contributed by atoms with E-state index in [1.165, 1.54) is 0 Å². The molecule has 30 heavy (non-hydrogen) atoms. The second-order valence-corrected chi connectivity index (χ2v) is 7.12. The van der Waals surface area contributed by atoms with Crippen molar-refractivity contribution in [3.8, 4) is 11.5 Å². The number of rotatable bonds is 10. The van der Waals surface area contributed by atoms with Crippen molar-refractivity contribution < 1.29 is 18.9 Å². The number of methoxy groups -OCH3 is 1. The predicted octanol–water partition coefficient (Wildman–Crippen LogP) is 2.52. The average Bonchev–Trinajstić information content (AvgIpc) is 3.19. The number of carbonyl (C=O) groups is 1. The molecule has 1 heterocycles. The maximum Gasteiger partial charge on any atom is 0.277 e. The third-order valence-electron chi connectivity index (χ3n) is 4.23. The summed E-state index contributed by atoms with van der Waals surface area (Å²) in [5.41, 5.74) is 7.45. The van der Waals surface area contributed by atoms with Crippen LogP contribution in [0, 0.1) is 0 Å². The van der Waals surface area contributed by atoms with Gasteiger partial charge in [0.1, 0.15) is 6.61 Å². The Balaban J connectivity index is 1.57. The molecular weight excluding hydrogens is 454 g/mol. The van der Waals surface area contributed by atoms with Crippen molar-refractivity contribution in [3.63, 3.8) is 0 Å². The van der Waals surface area contributed by atoms with Gasteiger partial charge in [0.25, 0.3) is 5.91 Å². The summed E-state index contributed by atoms with van der Waals surface area (Å²) in [6, 6.07) is 13.7. The van der Waals surface area contributed by atoms with Gasteiger partial charge in [-0.1, -0.05) is 46.3 Å². The standard InChI is InChI=1S/C20H22BrN5O4/c1-28-16-8-7-15(21)14(18(16)29-12-13-5-3-2-4-6-13)11-23-9-10-24-20(27)17-19(22)26-30-25-17/h2-8,23H,9-12H2,1H3,(H2,22,26)(H,24,27). The molecule has 0 radical (unpaired) electrons. The van der Waals surface area contributed by atoms with E-state index in [9.17, 15) is 4.79 Å². The van der Waals surface area contributed by atoms with Crippen LogP contribution in [0.25, 0.3) is 0 Å². The van der Waals surface area contributed by atoms with Crippen LogP contribution in [0.5, 0.6) is 11.5 Å². The molecule has 2 aromatic carbocycles. The number of anilines is 1. The van der Waals surface area contributed by atoms with Crippen molar-refractivity contribution >= 4 is 27.7 Å². The number of nitrogens with two attached hydrogens (primary N) is 1. The van der Waals surface area contributed by atoms with Crippen LogP contribution in [-0.2, 0) is 13.2 Å². The fraction of sp³-hybridized carbons (Fsp3) is 0.250. The molecule has 0 saturated carbocycles. The maximum absolute atomic E-state index is 11.9. The number of benzene rings is 2. The summed E-state index contributed by atoms with van der Waals surface area (Å²) in [5, 5.41) is 12.8. The summed E-state index contributed by atoms with van der Waals surface area (Å²) >= 11 is 3.58. The van der Waals surface area contributed by atoms with Gasteiger partial charge in [0.15, 0.2) is 11.5 Å². The Morgan fingerprint density at radius 1 is 1.17 bits per heavy atom. The number of ether oxygens (including phenoxy) is 2. The molecule has 1 amide bonds.